The average Bonchev–Trinajstić information content (AvgIpc) is 2.75. The van der Waals surface area contributed by atoms with E-state index in [0.717, 1.165) is 9.87 Å². The highest BCUT2D eigenvalue weighted by Crippen LogP contribution is 2.29. The highest BCUT2D eigenvalue weighted by molar-refractivity contribution is 7.92. The topological polar surface area (TPSA) is 66.5 Å². The molecule has 3 aromatic rings. The summed E-state index contributed by atoms with van der Waals surface area (Å²) in [4.78, 5) is 12.9. The molecule has 0 radical (unpaired) electrons. The number of aryl methyl sites for hydroxylation is 1. The predicted molar refractivity (Wildman–Crippen MR) is 120 cm³/mol. The van der Waals surface area contributed by atoms with Gasteiger partial charge in [0, 0.05) is 5.02 Å². The zero-order valence-electron chi connectivity index (χ0n) is 16.7. The second kappa shape index (κ2) is 9.32. The van der Waals surface area contributed by atoms with E-state index in [1.165, 1.54) is 12.1 Å². The Morgan fingerprint density at radius 3 is 2.23 bits per heavy atom. The monoisotopic (exact) mass is 442 g/mol. The number of carbonyl (C=O) groups excluding carboxylic acids is 1. The lowest BCUT2D eigenvalue weighted by atomic mass is 10.1. The number of anilines is 1. The Morgan fingerprint density at radius 1 is 1.00 bits per heavy atom. The minimum Gasteiger partial charge on any atom is -0.348 e. The van der Waals surface area contributed by atoms with Gasteiger partial charge >= 0.3 is 0 Å². The number of amides is 1. The van der Waals surface area contributed by atoms with Crippen molar-refractivity contribution in [3.8, 4) is 0 Å². The van der Waals surface area contributed by atoms with Crippen LogP contribution in [0.1, 0.15) is 24.1 Å². The van der Waals surface area contributed by atoms with Crippen LogP contribution in [0.2, 0.25) is 5.02 Å². The fourth-order valence-corrected chi connectivity index (χ4v) is 4.78. The maximum absolute atomic E-state index is 13.4. The molecule has 156 valence electrons. The standard InChI is InChI=1S/C23H23ClN2O3S/c1-17-13-14-20(24)15-22(17)26(30(28,29)21-11-7-4-8-12-21)16-23(27)25-18(2)19-9-5-3-6-10-19/h3-15,18H,16H2,1-2H3,(H,25,27)/t18-/m1/s1. The van der Waals surface area contributed by atoms with Gasteiger partial charge in [-0.3, -0.25) is 9.10 Å². The first kappa shape index (κ1) is 21.9. The molecule has 1 amide bonds. The zero-order valence-corrected chi connectivity index (χ0v) is 18.3. The van der Waals surface area contributed by atoms with Gasteiger partial charge in [-0.25, -0.2) is 8.42 Å². The summed E-state index contributed by atoms with van der Waals surface area (Å²) in [5.41, 5.74) is 2.00. The number of halogens is 1. The molecule has 7 heteroatoms. The van der Waals surface area contributed by atoms with Crippen molar-refractivity contribution in [3.63, 3.8) is 0 Å². The molecule has 1 atom stereocenters. The third-order valence-corrected chi connectivity index (χ3v) is 6.74. The van der Waals surface area contributed by atoms with Crippen LogP contribution in [0.3, 0.4) is 0 Å². The lowest BCUT2D eigenvalue weighted by molar-refractivity contribution is -0.120. The first-order chi connectivity index (χ1) is 14.3. The van der Waals surface area contributed by atoms with Crippen molar-refractivity contribution < 1.29 is 13.2 Å². The third kappa shape index (κ3) is 5.01. The molecule has 0 aliphatic heterocycles. The molecule has 0 heterocycles. The molecule has 0 aliphatic carbocycles. The molecule has 3 aromatic carbocycles. The summed E-state index contributed by atoms with van der Waals surface area (Å²) < 4.78 is 27.9. The summed E-state index contributed by atoms with van der Waals surface area (Å²) in [7, 11) is -3.98. The van der Waals surface area contributed by atoms with Crippen LogP contribution in [-0.2, 0) is 14.8 Å². The van der Waals surface area contributed by atoms with E-state index in [1.54, 1.807) is 43.3 Å². The van der Waals surface area contributed by atoms with Crippen molar-refractivity contribution in [2.24, 2.45) is 0 Å². The normalized spacial score (nSPS) is 12.2. The van der Waals surface area contributed by atoms with Gasteiger partial charge in [-0.15, -0.1) is 0 Å². The molecule has 0 spiro atoms. The highest BCUT2D eigenvalue weighted by atomic mass is 35.5. The number of sulfonamides is 1. The second-order valence-corrected chi connectivity index (χ2v) is 9.25. The largest absolute Gasteiger partial charge is 0.348 e. The Kier molecular flexibility index (Phi) is 6.80. The van der Waals surface area contributed by atoms with Crippen molar-refractivity contribution in [1.82, 2.24) is 5.32 Å². The van der Waals surface area contributed by atoms with Crippen molar-refractivity contribution in [2.45, 2.75) is 24.8 Å². The highest BCUT2D eigenvalue weighted by Gasteiger charge is 2.28. The molecule has 30 heavy (non-hydrogen) atoms. The van der Waals surface area contributed by atoms with E-state index >= 15 is 0 Å². The molecule has 0 aliphatic rings. The van der Waals surface area contributed by atoms with Gasteiger partial charge in [0.05, 0.1) is 16.6 Å². The smallest absolute Gasteiger partial charge is 0.264 e. The van der Waals surface area contributed by atoms with Crippen LogP contribution in [0.15, 0.2) is 83.8 Å². The zero-order chi connectivity index (χ0) is 21.7. The Morgan fingerprint density at radius 2 is 1.60 bits per heavy atom. The van der Waals surface area contributed by atoms with Crippen LogP contribution in [0.4, 0.5) is 5.69 Å². The molecule has 3 rings (SSSR count). The quantitative estimate of drug-likeness (QED) is 0.575. The lowest BCUT2D eigenvalue weighted by Gasteiger charge is -2.26. The third-order valence-electron chi connectivity index (χ3n) is 4.74. The van der Waals surface area contributed by atoms with Crippen LogP contribution in [-0.4, -0.2) is 20.9 Å². The second-order valence-electron chi connectivity index (χ2n) is 6.96. The summed E-state index contributed by atoms with van der Waals surface area (Å²) in [6.45, 7) is 3.27. The van der Waals surface area contributed by atoms with Crippen LogP contribution < -0.4 is 9.62 Å². The maximum atomic E-state index is 13.4. The van der Waals surface area contributed by atoms with Crippen LogP contribution in [0, 0.1) is 6.92 Å². The van der Waals surface area contributed by atoms with E-state index in [4.69, 9.17) is 11.6 Å². The van der Waals surface area contributed by atoms with E-state index in [9.17, 15) is 13.2 Å². The molecular formula is C23H23ClN2O3S. The lowest BCUT2D eigenvalue weighted by Crippen LogP contribution is -2.41. The number of carbonyl (C=O) groups is 1. The number of hydrogen-bond acceptors (Lipinski definition) is 3. The molecule has 0 saturated carbocycles. The van der Waals surface area contributed by atoms with E-state index < -0.39 is 15.9 Å². The summed E-state index contributed by atoms with van der Waals surface area (Å²) >= 11 is 6.14. The summed E-state index contributed by atoms with van der Waals surface area (Å²) in [5, 5.41) is 3.27. The predicted octanol–water partition coefficient (Wildman–Crippen LogP) is 4.72. The Bertz CT molecular complexity index is 1120. The van der Waals surface area contributed by atoms with Crippen molar-refractivity contribution in [3.05, 3.63) is 95.0 Å². The molecule has 1 N–H and O–H groups in total. The summed E-state index contributed by atoms with van der Waals surface area (Å²) in [6, 6.07) is 22.2. The van der Waals surface area contributed by atoms with Gasteiger partial charge < -0.3 is 5.32 Å². The first-order valence-corrected chi connectivity index (χ1v) is 11.3. The van der Waals surface area contributed by atoms with Crippen molar-refractivity contribution >= 4 is 33.2 Å². The van der Waals surface area contributed by atoms with Crippen LogP contribution in [0.5, 0.6) is 0 Å². The van der Waals surface area contributed by atoms with E-state index in [2.05, 4.69) is 5.32 Å². The Labute approximate surface area is 182 Å². The fourth-order valence-electron chi connectivity index (χ4n) is 3.11. The number of hydrogen-bond donors (Lipinski definition) is 1. The van der Waals surface area contributed by atoms with Gasteiger partial charge in [-0.2, -0.15) is 0 Å². The van der Waals surface area contributed by atoms with E-state index in [0.29, 0.717) is 16.3 Å². The molecule has 0 aromatic heterocycles. The van der Waals surface area contributed by atoms with Crippen molar-refractivity contribution in [2.75, 3.05) is 10.8 Å². The number of benzene rings is 3. The van der Waals surface area contributed by atoms with Gasteiger partial charge in [0.2, 0.25) is 5.91 Å². The van der Waals surface area contributed by atoms with Gasteiger partial charge in [0.25, 0.3) is 10.0 Å². The van der Waals surface area contributed by atoms with Crippen LogP contribution >= 0.6 is 11.6 Å². The summed E-state index contributed by atoms with van der Waals surface area (Å²) in [5.74, 6) is -0.412. The number of rotatable bonds is 7. The van der Waals surface area contributed by atoms with Gasteiger partial charge in [0.15, 0.2) is 0 Å². The number of nitrogens with zero attached hydrogens (tertiary/aromatic N) is 1. The number of nitrogens with one attached hydrogen (secondary N) is 1. The first-order valence-electron chi connectivity index (χ1n) is 9.47. The van der Waals surface area contributed by atoms with Crippen LogP contribution in [0.25, 0.3) is 0 Å². The minimum absolute atomic E-state index is 0.105. The van der Waals surface area contributed by atoms with E-state index in [-0.39, 0.29) is 17.5 Å². The SMILES string of the molecule is Cc1ccc(Cl)cc1N(CC(=O)N[C@H](C)c1ccccc1)S(=O)(=O)c1ccccc1. The van der Waals surface area contributed by atoms with E-state index in [1.807, 2.05) is 37.3 Å². The molecule has 0 unspecified atom stereocenters. The maximum Gasteiger partial charge on any atom is 0.264 e. The molecule has 5 nitrogen and oxygen atoms in total. The minimum atomic E-state index is -3.98. The molecule has 0 bridgehead atoms. The fraction of sp³-hybridized carbons (Fsp3) is 0.174. The molecular weight excluding hydrogens is 420 g/mol. The molecule has 0 saturated heterocycles. The van der Waals surface area contributed by atoms with Gasteiger partial charge in [-0.1, -0.05) is 66.2 Å². The Balaban J connectivity index is 1.94. The van der Waals surface area contributed by atoms with Crippen molar-refractivity contribution in [1.29, 1.82) is 0 Å². The van der Waals surface area contributed by atoms with Gasteiger partial charge in [-0.05, 0) is 49.2 Å². The Hall–Kier alpha value is -2.83. The van der Waals surface area contributed by atoms with Gasteiger partial charge in [0.1, 0.15) is 6.54 Å². The molecule has 0 fully saturated rings. The summed E-state index contributed by atoms with van der Waals surface area (Å²) in [6.07, 6.45) is 0. The average molecular weight is 443 g/mol.